The minimum atomic E-state index is -0.242. The topological polar surface area (TPSA) is 25.8 Å². The first-order chi connectivity index (χ1) is 28.1. The molecule has 0 saturated heterocycles. The van der Waals surface area contributed by atoms with Crippen molar-refractivity contribution in [3.05, 3.63) is 217 Å². The Morgan fingerprint density at radius 3 is 1.81 bits per heavy atom. The van der Waals surface area contributed by atoms with Crippen LogP contribution in [0.1, 0.15) is 23.6 Å². The van der Waals surface area contributed by atoms with Gasteiger partial charge in [-0.3, -0.25) is 0 Å². The molecule has 0 amide bonds. The van der Waals surface area contributed by atoms with Crippen molar-refractivity contribution in [3.63, 3.8) is 0 Å². The van der Waals surface area contributed by atoms with Gasteiger partial charge in [0.15, 0.2) is 5.82 Å². The summed E-state index contributed by atoms with van der Waals surface area (Å²) in [5.74, 6) is 0.707. The third-order valence-electron chi connectivity index (χ3n) is 11.8. The van der Waals surface area contributed by atoms with Crippen LogP contribution in [-0.2, 0) is 5.41 Å². The summed E-state index contributed by atoms with van der Waals surface area (Å²) >= 11 is 1.85. The second kappa shape index (κ2) is 13.4. The summed E-state index contributed by atoms with van der Waals surface area (Å²) in [6, 6.07) is 72.2. The molecule has 0 radical (unpaired) electrons. The molecule has 0 bridgehead atoms. The number of nitrogens with zero attached hydrogens (tertiary/aromatic N) is 2. The van der Waals surface area contributed by atoms with Crippen LogP contribution in [0, 0.1) is 0 Å². The van der Waals surface area contributed by atoms with Gasteiger partial charge >= 0.3 is 0 Å². The quantitative estimate of drug-likeness (QED) is 0.169. The van der Waals surface area contributed by atoms with E-state index in [2.05, 4.69) is 189 Å². The molecule has 3 heteroatoms. The highest BCUT2D eigenvalue weighted by Crippen LogP contribution is 2.55. The van der Waals surface area contributed by atoms with Crippen molar-refractivity contribution in [3.8, 4) is 67.3 Å². The fourth-order valence-electron chi connectivity index (χ4n) is 8.99. The maximum Gasteiger partial charge on any atom is 0.160 e. The molecule has 0 fully saturated rings. The second-order valence-electron chi connectivity index (χ2n) is 15.0. The van der Waals surface area contributed by atoms with Crippen LogP contribution in [0.15, 0.2) is 200 Å². The maximum absolute atomic E-state index is 5.24. The van der Waals surface area contributed by atoms with Crippen molar-refractivity contribution in [2.24, 2.45) is 0 Å². The van der Waals surface area contributed by atoms with E-state index in [1.807, 2.05) is 29.5 Å². The molecule has 1 aliphatic rings. The lowest BCUT2D eigenvalue weighted by molar-refractivity contribution is 0.714. The largest absolute Gasteiger partial charge is 0.228 e. The number of hydrogen-bond acceptors (Lipinski definition) is 3. The molecule has 1 unspecified atom stereocenters. The Hall–Kier alpha value is -6.94. The van der Waals surface area contributed by atoms with Gasteiger partial charge in [-0.2, -0.15) is 0 Å². The zero-order valence-corrected chi connectivity index (χ0v) is 32.2. The SMILES string of the molecule is CC1(c2ccccc2)c2ccccc2-c2c(-c3ccc(-c4cc(-c5ccccc5-c5ccc6sc7ccccc7c6c5)nc(-c5ccccc5)n4)cc3)cccc21. The van der Waals surface area contributed by atoms with E-state index < -0.39 is 0 Å². The lowest BCUT2D eigenvalue weighted by Crippen LogP contribution is -2.22. The molecule has 0 N–H and O–H groups in total. The monoisotopic (exact) mass is 744 g/mol. The van der Waals surface area contributed by atoms with E-state index in [-0.39, 0.29) is 5.41 Å². The molecule has 10 aromatic rings. The van der Waals surface area contributed by atoms with Crippen LogP contribution in [-0.4, -0.2) is 9.97 Å². The van der Waals surface area contributed by atoms with Crippen LogP contribution in [0.3, 0.4) is 0 Å². The number of benzene rings is 8. The fraction of sp³-hybridized carbons (Fsp3) is 0.0370. The summed E-state index contributed by atoms with van der Waals surface area (Å²) < 4.78 is 2.61. The molecule has 1 aliphatic carbocycles. The Morgan fingerprint density at radius 2 is 0.982 bits per heavy atom. The Kier molecular flexibility index (Phi) is 7.84. The standard InChI is InChI=1S/C54H36N2S/c1-54(39-17-6-3-7-18-39)46-24-12-10-22-44(46)52-41(23-14-25-47(52)54)35-27-29-36(30-28-35)48-34-49(56-53(55-48)37-15-4-2-5-16-37)42-20-9-8-19-40(42)38-31-32-51-45(33-38)43-21-11-13-26-50(43)57-51/h2-34H,1H3. The van der Waals surface area contributed by atoms with Crippen molar-refractivity contribution < 1.29 is 0 Å². The van der Waals surface area contributed by atoms with Gasteiger partial charge in [-0.05, 0) is 81.3 Å². The lowest BCUT2D eigenvalue weighted by Gasteiger charge is -2.28. The third-order valence-corrected chi connectivity index (χ3v) is 13.0. The number of thiophene rings is 1. The summed E-state index contributed by atoms with van der Waals surface area (Å²) in [5, 5.41) is 2.58. The molecular weight excluding hydrogens is 709 g/mol. The smallest absolute Gasteiger partial charge is 0.160 e. The van der Waals surface area contributed by atoms with Gasteiger partial charge in [0.2, 0.25) is 0 Å². The molecule has 0 spiro atoms. The first kappa shape index (κ1) is 33.4. The molecule has 0 saturated carbocycles. The highest BCUT2D eigenvalue weighted by Gasteiger charge is 2.41. The Bertz CT molecular complexity index is 3130. The average molecular weight is 745 g/mol. The normalized spacial score (nSPS) is 14.5. The van der Waals surface area contributed by atoms with Crippen LogP contribution in [0.25, 0.3) is 87.5 Å². The summed E-state index contributed by atoms with van der Waals surface area (Å²) in [6.07, 6.45) is 0. The maximum atomic E-state index is 5.24. The van der Waals surface area contributed by atoms with Gasteiger partial charge in [0.1, 0.15) is 0 Å². The molecule has 57 heavy (non-hydrogen) atoms. The Morgan fingerprint density at radius 1 is 0.386 bits per heavy atom. The summed E-state index contributed by atoms with van der Waals surface area (Å²) in [7, 11) is 0. The predicted octanol–water partition coefficient (Wildman–Crippen LogP) is 14.5. The minimum Gasteiger partial charge on any atom is -0.228 e. The third kappa shape index (κ3) is 5.46. The summed E-state index contributed by atoms with van der Waals surface area (Å²) in [6.45, 7) is 2.37. The van der Waals surface area contributed by atoms with Gasteiger partial charge in [-0.15, -0.1) is 11.3 Å². The van der Waals surface area contributed by atoms with Crippen LogP contribution < -0.4 is 0 Å². The molecule has 11 rings (SSSR count). The van der Waals surface area contributed by atoms with Crippen molar-refractivity contribution in [1.82, 2.24) is 9.97 Å². The van der Waals surface area contributed by atoms with E-state index in [4.69, 9.17) is 9.97 Å². The Balaban J connectivity index is 1.03. The molecular formula is C54H36N2S. The first-order valence-corrected chi connectivity index (χ1v) is 20.3. The zero-order chi connectivity index (χ0) is 37.9. The van der Waals surface area contributed by atoms with Crippen molar-refractivity contribution >= 4 is 31.5 Å². The minimum absolute atomic E-state index is 0.242. The summed E-state index contributed by atoms with van der Waals surface area (Å²) in [4.78, 5) is 10.4. The van der Waals surface area contributed by atoms with Crippen molar-refractivity contribution in [2.75, 3.05) is 0 Å². The van der Waals surface area contributed by atoms with Crippen LogP contribution in [0.4, 0.5) is 0 Å². The van der Waals surface area contributed by atoms with Crippen molar-refractivity contribution in [2.45, 2.75) is 12.3 Å². The highest BCUT2D eigenvalue weighted by atomic mass is 32.1. The van der Waals surface area contributed by atoms with E-state index in [0.29, 0.717) is 5.82 Å². The average Bonchev–Trinajstić information content (AvgIpc) is 3.80. The van der Waals surface area contributed by atoms with Gasteiger partial charge in [0.25, 0.3) is 0 Å². The fourth-order valence-corrected chi connectivity index (χ4v) is 10.1. The van der Waals surface area contributed by atoms with Gasteiger partial charge in [-0.25, -0.2) is 9.97 Å². The van der Waals surface area contributed by atoms with Crippen LogP contribution >= 0.6 is 11.3 Å². The molecule has 2 nitrogen and oxygen atoms in total. The first-order valence-electron chi connectivity index (χ1n) is 19.5. The van der Waals surface area contributed by atoms with Gasteiger partial charge in [-0.1, -0.05) is 176 Å². The number of hydrogen-bond donors (Lipinski definition) is 0. The molecule has 268 valence electrons. The van der Waals surface area contributed by atoms with E-state index in [1.54, 1.807) is 0 Å². The summed E-state index contributed by atoms with van der Waals surface area (Å²) in [5.41, 5.74) is 16.0. The predicted molar refractivity (Wildman–Crippen MR) is 240 cm³/mol. The molecule has 2 aromatic heterocycles. The molecule has 1 atom stereocenters. The zero-order valence-electron chi connectivity index (χ0n) is 31.4. The van der Waals surface area contributed by atoms with E-state index in [0.717, 1.165) is 33.6 Å². The van der Waals surface area contributed by atoms with E-state index in [9.17, 15) is 0 Å². The highest BCUT2D eigenvalue weighted by molar-refractivity contribution is 7.25. The lowest BCUT2D eigenvalue weighted by atomic mass is 9.74. The van der Waals surface area contributed by atoms with E-state index >= 15 is 0 Å². The molecule has 0 aliphatic heterocycles. The van der Waals surface area contributed by atoms with E-state index in [1.165, 1.54) is 64.7 Å². The van der Waals surface area contributed by atoms with Crippen LogP contribution in [0.5, 0.6) is 0 Å². The van der Waals surface area contributed by atoms with Gasteiger partial charge in [0, 0.05) is 42.3 Å². The Labute approximate surface area is 336 Å². The molecule has 8 aromatic carbocycles. The van der Waals surface area contributed by atoms with Crippen molar-refractivity contribution in [1.29, 1.82) is 0 Å². The van der Waals surface area contributed by atoms with Gasteiger partial charge < -0.3 is 0 Å². The molecule has 2 heterocycles. The number of aromatic nitrogens is 2. The number of rotatable bonds is 6. The number of fused-ring (bicyclic) bond motifs is 6. The van der Waals surface area contributed by atoms with Gasteiger partial charge in [0.05, 0.1) is 11.4 Å². The second-order valence-corrected chi connectivity index (χ2v) is 16.1. The van der Waals surface area contributed by atoms with Crippen LogP contribution in [0.2, 0.25) is 0 Å².